The molecule has 0 amide bonds. The van der Waals surface area contributed by atoms with Gasteiger partial charge >= 0.3 is 0 Å². The first kappa shape index (κ1) is 18.7. The summed E-state index contributed by atoms with van der Waals surface area (Å²) in [6, 6.07) is 6.35. The van der Waals surface area contributed by atoms with Crippen LogP contribution >= 0.6 is 0 Å². The van der Waals surface area contributed by atoms with Gasteiger partial charge in [-0.25, -0.2) is 18.1 Å². The van der Waals surface area contributed by atoms with Crippen molar-refractivity contribution in [1.82, 2.24) is 29.7 Å². The van der Waals surface area contributed by atoms with Crippen molar-refractivity contribution in [1.29, 1.82) is 0 Å². The number of rotatable bonds is 5. The Morgan fingerprint density at radius 1 is 1.21 bits per heavy atom. The van der Waals surface area contributed by atoms with Crippen LogP contribution in [-0.4, -0.2) is 53.1 Å². The highest BCUT2D eigenvalue weighted by Gasteiger charge is 2.36. The molecule has 0 saturated carbocycles. The van der Waals surface area contributed by atoms with Gasteiger partial charge in [0.15, 0.2) is 0 Å². The topological polar surface area (TPSA) is 114 Å². The van der Waals surface area contributed by atoms with Gasteiger partial charge in [-0.15, -0.1) is 0 Å². The minimum atomic E-state index is -3.59. The summed E-state index contributed by atoms with van der Waals surface area (Å²) in [5, 5.41) is 3.97. The van der Waals surface area contributed by atoms with E-state index in [-0.39, 0.29) is 17.0 Å². The lowest BCUT2D eigenvalue weighted by molar-refractivity contribution is 0.244. The van der Waals surface area contributed by atoms with Crippen molar-refractivity contribution < 1.29 is 12.9 Å². The molecule has 3 aromatic rings. The third-order valence-corrected chi connectivity index (χ3v) is 6.26. The molecule has 2 aromatic heterocycles. The van der Waals surface area contributed by atoms with Crippen molar-refractivity contribution in [3.05, 3.63) is 54.3 Å². The molecule has 10 heteroatoms. The number of sulfonamides is 1. The molecular weight excluding hydrogens is 380 g/mol. The molecule has 0 bridgehead atoms. The maximum Gasteiger partial charge on any atom is 0.244 e. The van der Waals surface area contributed by atoms with E-state index in [4.69, 9.17) is 4.52 Å². The molecule has 4 rings (SSSR count). The molecule has 0 radical (unpaired) electrons. The number of likely N-dealkylation sites (tertiary alicyclic amines) is 1. The molecule has 1 N–H and O–H groups in total. The normalized spacial score (nSPS) is 20.5. The smallest absolute Gasteiger partial charge is 0.244 e. The van der Waals surface area contributed by atoms with Crippen LogP contribution in [-0.2, 0) is 10.0 Å². The van der Waals surface area contributed by atoms with Gasteiger partial charge in [-0.1, -0.05) is 22.9 Å². The van der Waals surface area contributed by atoms with Crippen molar-refractivity contribution in [2.24, 2.45) is 0 Å². The van der Waals surface area contributed by atoms with E-state index in [2.05, 4.69) is 24.8 Å². The molecular formula is C18H20N6O3S. The van der Waals surface area contributed by atoms with Crippen LogP contribution < -0.4 is 4.72 Å². The van der Waals surface area contributed by atoms with Crippen molar-refractivity contribution in [3.63, 3.8) is 0 Å². The zero-order chi connectivity index (χ0) is 19.7. The second kappa shape index (κ2) is 7.38. The van der Waals surface area contributed by atoms with Crippen molar-refractivity contribution in [2.45, 2.75) is 30.3 Å². The lowest BCUT2D eigenvalue weighted by Gasteiger charge is -2.14. The monoisotopic (exact) mass is 400 g/mol. The summed E-state index contributed by atoms with van der Waals surface area (Å²) >= 11 is 0. The van der Waals surface area contributed by atoms with Gasteiger partial charge in [0.2, 0.25) is 21.7 Å². The fourth-order valence-corrected chi connectivity index (χ4v) is 4.51. The lowest BCUT2D eigenvalue weighted by atomic mass is 10.2. The van der Waals surface area contributed by atoms with Crippen molar-refractivity contribution >= 4 is 10.0 Å². The Labute approximate surface area is 162 Å². The van der Waals surface area contributed by atoms with E-state index in [0.29, 0.717) is 30.4 Å². The molecule has 1 aliphatic heterocycles. The standard InChI is InChI=1S/C18H20N6O3S/c1-12-3-5-14(6-4-12)28(25,26)23-13-9-16(24(2)11-13)18-21-17(22-27-18)15-10-19-7-8-20-15/h3-8,10,13,16,23H,9,11H2,1-2H3/t13-,16+/m1/s1. The predicted octanol–water partition coefficient (Wildman–Crippen LogP) is 1.56. The van der Waals surface area contributed by atoms with Crippen LogP contribution in [0.15, 0.2) is 52.3 Å². The number of aryl methyl sites for hydroxylation is 1. The van der Waals surface area contributed by atoms with Gasteiger partial charge in [-0.05, 0) is 32.5 Å². The average Bonchev–Trinajstić information content (AvgIpc) is 3.29. The molecule has 1 aliphatic rings. The lowest BCUT2D eigenvalue weighted by Crippen LogP contribution is -2.36. The maximum absolute atomic E-state index is 12.6. The summed E-state index contributed by atoms with van der Waals surface area (Å²) in [6.07, 6.45) is 5.22. The van der Waals surface area contributed by atoms with E-state index in [0.717, 1.165) is 5.56 Å². The van der Waals surface area contributed by atoms with Crippen LogP contribution in [0.5, 0.6) is 0 Å². The molecule has 28 heavy (non-hydrogen) atoms. The van der Waals surface area contributed by atoms with Crippen LogP contribution in [0.1, 0.15) is 23.9 Å². The SMILES string of the molecule is Cc1ccc(S(=O)(=O)N[C@@H]2C[C@@H](c3nc(-c4cnccn4)no3)N(C)C2)cc1. The Balaban J connectivity index is 1.48. The Morgan fingerprint density at radius 2 is 2.00 bits per heavy atom. The largest absolute Gasteiger partial charge is 0.337 e. The van der Waals surface area contributed by atoms with Gasteiger partial charge in [0.25, 0.3) is 0 Å². The van der Waals surface area contributed by atoms with Crippen LogP contribution in [0, 0.1) is 6.92 Å². The minimum Gasteiger partial charge on any atom is -0.337 e. The highest BCUT2D eigenvalue weighted by Crippen LogP contribution is 2.31. The molecule has 1 saturated heterocycles. The predicted molar refractivity (Wildman–Crippen MR) is 101 cm³/mol. The van der Waals surface area contributed by atoms with Gasteiger partial charge in [-0.2, -0.15) is 4.98 Å². The Morgan fingerprint density at radius 3 is 2.71 bits per heavy atom. The summed E-state index contributed by atoms with van der Waals surface area (Å²) < 4.78 is 33.5. The average molecular weight is 400 g/mol. The fraction of sp³-hybridized carbons (Fsp3) is 0.333. The van der Waals surface area contributed by atoms with Crippen molar-refractivity contribution in [2.75, 3.05) is 13.6 Å². The van der Waals surface area contributed by atoms with Gasteiger partial charge in [0, 0.05) is 25.0 Å². The van der Waals surface area contributed by atoms with E-state index in [1.54, 1.807) is 42.9 Å². The van der Waals surface area contributed by atoms with Gasteiger partial charge < -0.3 is 4.52 Å². The number of likely N-dealkylation sites (N-methyl/N-ethyl adjacent to an activating group) is 1. The number of hydrogen-bond donors (Lipinski definition) is 1. The van der Waals surface area contributed by atoms with Crippen LogP contribution in [0.3, 0.4) is 0 Å². The third kappa shape index (κ3) is 3.79. The molecule has 146 valence electrons. The first-order valence-electron chi connectivity index (χ1n) is 8.81. The molecule has 9 nitrogen and oxygen atoms in total. The van der Waals surface area contributed by atoms with E-state index in [1.807, 2.05) is 18.9 Å². The van der Waals surface area contributed by atoms with Gasteiger partial charge in [0.1, 0.15) is 5.69 Å². The van der Waals surface area contributed by atoms with Gasteiger partial charge in [0.05, 0.1) is 17.1 Å². The summed E-state index contributed by atoms with van der Waals surface area (Å²) in [4.78, 5) is 14.8. The molecule has 1 fully saturated rings. The number of nitrogens with one attached hydrogen (secondary N) is 1. The molecule has 1 aromatic carbocycles. The van der Waals surface area contributed by atoms with E-state index >= 15 is 0 Å². The zero-order valence-electron chi connectivity index (χ0n) is 15.5. The minimum absolute atomic E-state index is 0.177. The summed E-state index contributed by atoms with van der Waals surface area (Å²) in [5.41, 5.74) is 1.53. The third-order valence-electron chi connectivity index (χ3n) is 4.72. The summed E-state index contributed by atoms with van der Waals surface area (Å²) in [5.74, 6) is 0.792. The van der Waals surface area contributed by atoms with Crippen LogP contribution in [0.2, 0.25) is 0 Å². The fourth-order valence-electron chi connectivity index (χ4n) is 3.27. The highest BCUT2D eigenvalue weighted by molar-refractivity contribution is 7.89. The summed E-state index contributed by atoms with van der Waals surface area (Å²) in [7, 11) is -1.69. The molecule has 3 heterocycles. The first-order valence-corrected chi connectivity index (χ1v) is 10.3. The quantitative estimate of drug-likeness (QED) is 0.686. The van der Waals surface area contributed by atoms with Crippen LogP contribution in [0.4, 0.5) is 0 Å². The highest BCUT2D eigenvalue weighted by atomic mass is 32.2. The molecule has 2 atom stereocenters. The second-order valence-corrected chi connectivity index (χ2v) is 8.58. The summed E-state index contributed by atoms with van der Waals surface area (Å²) in [6.45, 7) is 2.46. The van der Waals surface area contributed by atoms with E-state index in [1.165, 1.54) is 0 Å². The Hall–Kier alpha value is -2.69. The Bertz CT molecular complexity index is 1050. The number of aromatic nitrogens is 4. The first-order chi connectivity index (χ1) is 13.4. The van der Waals surface area contributed by atoms with Gasteiger partial charge in [-0.3, -0.25) is 9.88 Å². The second-order valence-electron chi connectivity index (χ2n) is 6.87. The van der Waals surface area contributed by atoms with Crippen molar-refractivity contribution in [3.8, 4) is 11.5 Å². The molecule has 0 spiro atoms. The number of nitrogens with zero attached hydrogens (tertiary/aromatic N) is 5. The zero-order valence-corrected chi connectivity index (χ0v) is 16.3. The van der Waals surface area contributed by atoms with E-state index in [9.17, 15) is 8.42 Å². The maximum atomic E-state index is 12.6. The van der Waals surface area contributed by atoms with E-state index < -0.39 is 10.0 Å². The Kier molecular flexibility index (Phi) is 4.92. The van der Waals surface area contributed by atoms with Crippen LogP contribution in [0.25, 0.3) is 11.5 Å². The molecule has 0 unspecified atom stereocenters. The molecule has 0 aliphatic carbocycles. The number of hydrogen-bond acceptors (Lipinski definition) is 8. The number of benzene rings is 1.